The maximum atomic E-state index is 13.0. The van der Waals surface area contributed by atoms with Gasteiger partial charge in [-0.3, -0.25) is 14.3 Å². The summed E-state index contributed by atoms with van der Waals surface area (Å²) in [5, 5.41) is 7.36. The molecule has 1 saturated heterocycles. The molecule has 0 bridgehead atoms. The summed E-state index contributed by atoms with van der Waals surface area (Å²) in [6, 6.07) is 15.2. The zero-order valence-electron chi connectivity index (χ0n) is 19.2. The highest BCUT2D eigenvalue weighted by atomic mass is 16.5. The number of rotatable bonds is 7. The fourth-order valence-electron chi connectivity index (χ4n) is 4.13. The summed E-state index contributed by atoms with van der Waals surface area (Å²) in [5.41, 5.74) is 3.68. The molecule has 172 valence electrons. The number of amides is 2. The van der Waals surface area contributed by atoms with Gasteiger partial charge in [0.25, 0.3) is 5.91 Å². The molecular formula is C26H30N4O3. The van der Waals surface area contributed by atoms with Crippen molar-refractivity contribution in [3.63, 3.8) is 0 Å². The predicted octanol–water partition coefficient (Wildman–Crippen LogP) is 3.54. The van der Waals surface area contributed by atoms with E-state index in [0.717, 1.165) is 41.8 Å². The molecule has 33 heavy (non-hydrogen) atoms. The van der Waals surface area contributed by atoms with Crippen molar-refractivity contribution < 1.29 is 14.3 Å². The molecule has 0 spiro atoms. The van der Waals surface area contributed by atoms with Crippen molar-refractivity contribution in [2.45, 2.75) is 38.8 Å². The zero-order valence-corrected chi connectivity index (χ0v) is 19.2. The lowest BCUT2D eigenvalue weighted by atomic mass is 10.0. The molecule has 1 aliphatic rings. The second-order valence-corrected chi connectivity index (χ2v) is 8.54. The van der Waals surface area contributed by atoms with Crippen LogP contribution in [0.3, 0.4) is 0 Å². The third kappa shape index (κ3) is 5.80. The van der Waals surface area contributed by atoms with Gasteiger partial charge in [0.1, 0.15) is 5.75 Å². The maximum Gasteiger partial charge on any atom is 0.253 e. The molecule has 1 atom stereocenters. The van der Waals surface area contributed by atoms with Crippen LogP contribution in [0.25, 0.3) is 0 Å². The van der Waals surface area contributed by atoms with Crippen LogP contribution in [0.5, 0.6) is 5.75 Å². The fraction of sp³-hybridized carbons (Fsp3) is 0.346. The number of methoxy groups -OCH3 is 1. The third-order valence-corrected chi connectivity index (χ3v) is 6.00. The molecular weight excluding hydrogens is 416 g/mol. The minimum Gasteiger partial charge on any atom is -0.497 e. The molecule has 1 N–H and O–H groups in total. The van der Waals surface area contributed by atoms with E-state index in [4.69, 9.17) is 4.74 Å². The van der Waals surface area contributed by atoms with E-state index >= 15 is 0 Å². The topological polar surface area (TPSA) is 76.5 Å². The van der Waals surface area contributed by atoms with Gasteiger partial charge in [0, 0.05) is 31.4 Å². The first kappa shape index (κ1) is 22.6. The van der Waals surface area contributed by atoms with Crippen LogP contribution in [-0.4, -0.2) is 46.7 Å². The van der Waals surface area contributed by atoms with Gasteiger partial charge in [-0.25, -0.2) is 0 Å². The van der Waals surface area contributed by atoms with Crippen molar-refractivity contribution in [3.8, 4) is 5.75 Å². The largest absolute Gasteiger partial charge is 0.497 e. The number of likely N-dealkylation sites (tertiary alicyclic amines) is 1. The van der Waals surface area contributed by atoms with Crippen LogP contribution < -0.4 is 10.1 Å². The lowest BCUT2D eigenvalue weighted by molar-refractivity contribution is -0.120. The molecule has 0 aliphatic carbocycles. The maximum absolute atomic E-state index is 13.0. The lowest BCUT2D eigenvalue weighted by Crippen LogP contribution is -2.40. The Morgan fingerprint density at radius 1 is 1.09 bits per heavy atom. The van der Waals surface area contributed by atoms with E-state index in [1.807, 2.05) is 77.4 Å². The number of benzene rings is 2. The Morgan fingerprint density at radius 2 is 1.82 bits per heavy atom. The van der Waals surface area contributed by atoms with Crippen LogP contribution in [0.2, 0.25) is 0 Å². The molecule has 7 heteroatoms. The molecule has 2 amide bonds. The Kier molecular flexibility index (Phi) is 7.07. The molecule has 2 aromatic carbocycles. The summed E-state index contributed by atoms with van der Waals surface area (Å²) in [4.78, 5) is 27.2. The van der Waals surface area contributed by atoms with Crippen molar-refractivity contribution in [2.24, 2.45) is 0 Å². The second-order valence-electron chi connectivity index (χ2n) is 8.54. The van der Waals surface area contributed by atoms with Gasteiger partial charge in [-0.1, -0.05) is 24.3 Å². The number of ether oxygens (including phenoxy) is 1. The number of nitrogens with zero attached hydrogens (tertiary/aromatic N) is 3. The van der Waals surface area contributed by atoms with Crippen LogP contribution in [0, 0.1) is 6.92 Å². The molecule has 1 aliphatic heterocycles. The van der Waals surface area contributed by atoms with Crippen molar-refractivity contribution in [1.29, 1.82) is 0 Å². The molecule has 1 aromatic heterocycles. The number of carbonyl (C=O) groups is 2. The number of piperidine rings is 1. The van der Waals surface area contributed by atoms with E-state index in [2.05, 4.69) is 10.4 Å². The Balaban J connectivity index is 1.29. The number of carbonyl (C=O) groups excluding carboxylic acids is 2. The van der Waals surface area contributed by atoms with Crippen LogP contribution in [0.1, 0.15) is 45.9 Å². The highest BCUT2D eigenvalue weighted by Gasteiger charge is 2.26. The van der Waals surface area contributed by atoms with Gasteiger partial charge in [-0.15, -0.1) is 0 Å². The normalized spacial score (nSPS) is 15.8. The summed E-state index contributed by atoms with van der Waals surface area (Å²) >= 11 is 0. The Morgan fingerprint density at radius 3 is 2.48 bits per heavy atom. The van der Waals surface area contributed by atoms with Gasteiger partial charge in [0.05, 0.1) is 25.8 Å². The van der Waals surface area contributed by atoms with Gasteiger partial charge in [0.15, 0.2) is 0 Å². The zero-order chi connectivity index (χ0) is 23.2. The number of nitrogens with one attached hydrogen (secondary N) is 1. The van der Waals surface area contributed by atoms with Crippen molar-refractivity contribution in [3.05, 3.63) is 83.2 Å². The average molecular weight is 447 g/mol. The number of aromatic nitrogens is 2. The van der Waals surface area contributed by atoms with E-state index in [9.17, 15) is 9.59 Å². The highest BCUT2D eigenvalue weighted by Crippen LogP contribution is 2.23. The first-order valence-electron chi connectivity index (χ1n) is 11.3. The van der Waals surface area contributed by atoms with E-state index in [1.165, 1.54) is 0 Å². The van der Waals surface area contributed by atoms with Crippen LogP contribution in [0.15, 0.2) is 60.9 Å². The molecule has 3 aromatic rings. The van der Waals surface area contributed by atoms with Crippen LogP contribution >= 0.6 is 0 Å². The molecule has 1 fully saturated rings. The monoisotopic (exact) mass is 446 g/mol. The van der Waals surface area contributed by atoms with Gasteiger partial charge in [-0.2, -0.15) is 5.10 Å². The number of hydrogen-bond acceptors (Lipinski definition) is 4. The molecule has 7 nitrogen and oxygen atoms in total. The van der Waals surface area contributed by atoms with Gasteiger partial charge < -0.3 is 15.0 Å². The Bertz CT molecular complexity index is 1090. The minimum atomic E-state index is -0.0477. The van der Waals surface area contributed by atoms with Crippen molar-refractivity contribution in [2.75, 3.05) is 20.2 Å². The third-order valence-electron chi connectivity index (χ3n) is 6.00. The molecule has 1 unspecified atom stereocenters. The summed E-state index contributed by atoms with van der Waals surface area (Å²) in [5.74, 6) is 0.762. The van der Waals surface area contributed by atoms with Crippen molar-refractivity contribution >= 4 is 11.8 Å². The quantitative estimate of drug-likeness (QED) is 0.602. The van der Waals surface area contributed by atoms with Gasteiger partial charge in [-0.05, 0) is 60.7 Å². The first-order valence-corrected chi connectivity index (χ1v) is 11.3. The summed E-state index contributed by atoms with van der Waals surface area (Å²) in [6.45, 7) is 3.88. The van der Waals surface area contributed by atoms with Crippen LogP contribution in [-0.2, 0) is 17.8 Å². The van der Waals surface area contributed by atoms with E-state index < -0.39 is 0 Å². The summed E-state index contributed by atoms with van der Waals surface area (Å²) in [7, 11) is 1.62. The lowest BCUT2D eigenvalue weighted by Gasteiger charge is -2.33. The minimum absolute atomic E-state index is 0.0404. The van der Waals surface area contributed by atoms with E-state index in [-0.39, 0.29) is 17.9 Å². The molecule has 0 radical (unpaired) electrons. The average Bonchev–Trinajstić information content (AvgIpc) is 3.29. The summed E-state index contributed by atoms with van der Waals surface area (Å²) < 4.78 is 7.12. The predicted molar refractivity (Wildman–Crippen MR) is 126 cm³/mol. The Labute approximate surface area is 194 Å². The Hall–Kier alpha value is -3.61. The van der Waals surface area contributed by atoms with Crippen molar-refractivity contribution in [1.82, 2.24) is 20.0 Å². The summed E-state index contributed by atoms with van der Waals surface area (Å²) in [6.07, 6.45) is 6.20. The SMILES string of the molecule is COc1ccc(CC(=O)NCc2ccc(C(=O)N3CCCC(n4cc(C)cn4)C3)cc2)cc1. The van der Waals surface area contributed by atoms with Crippen LogP contribution in [0.4, 0.5) is 0 Å². The van der Waals surface area contributed by atoms with Gasteiger partial charge >= 0.3 is 0 Å². The number of hydrogen-bond donors (Lipinski definition) is 1. The van der Waals surface area contributed by atoms with E-state index in [0.29, 0.717) is 25.1 Å². The fourth-order valence-corrected chi connectivity index (χ4v) is 4.13. The molecule has 0 saturated carbocycles. The smallest absolute Gasteiger partial charge is 0.253 e. The molecule has 4 rings (SSSR count). The first-order chi connectivity index (χ1) is 16.0. The van der Waals surface area contributed by atoms with E-state index in [1.54, 1.807) is 7.11 Å². The highest BCUT2D eigenvalue weighted by molar-refractivity contribution is 5.94. The standard InChI is InChI=1S/C26H30N4O3/c1-19-15-28-30(17-19)23-4-3-13-29(18-23)26(32)22-9-5-21(6-10-22)16-27-25(31)14-20-7-11-24(33-2)12-8-20/h5-12,15,17,23H,3-4,13-14,16,18H2,1-2H3,(H,27,31). The second kappa shape index (κ2) is 10.3. The molecule has 2 heterocycles. The number of aryl methyl sites for hydroxylation is 1. The van der Waals surface area contributed by atoms with Gasteiger partial charge in [0.2, 0.25) is 5.91 Å².